The first-order valence-corrected chi connectivity index (χ1v) is 20.2. The van der Waals surface area contributed by atoms with E-state index in [1.807, 2.05) is 53.1 Å². The number of nitrogens with one attached hydrogen (secondary N) is 2. The lowest BCUT2D eigenvalue weighted by Crippen LogP contribution is -2.36. The van der Waals surface area contributed by atoms with Crippen molar-refractivity contribution >= 4 is 35.0 Å². The number of carbonyl (C=O) groups excluding carboxylic acids is 1. The summed E-state index contributed by atoms with van der Waals surface area (Å²) in [7, 11) is 0. The summed E-state index contributed by atoms with van der Waals surface area (Å²) in [4.78, 5) is 16.1. The number of urea groups is 1. The standard InChI is InChI=1S/C42H51ClN8O5/c1-27-10-9-20-49(27)41-47-46-37-19-15-29(26-50(37)41)56-34-18-17-33(30-11-5-6-12-31(30)34)44-40(52)45-38-25-36(42(2,3)4)48-51(38)28-14-16-32(43)35(24-28)53-22-23-55-39-13-7-8-21-54-39/h5-6,11-12,14-16,19,24-27,33-34,39H,7-10,13,17-18,20-23H2,1-4H3,(H2,44,45,52)/t27-,33-,34+,39?/m0/s1. The summed E-state index contributed by atoms with van der Waals surface area (Å²) in [6.45, 7) is 10.9. The lowest BCUT2D eigenvalue weighted by atomic mass is 9.85. The molecule has 1 unspecified atom stereocenters. The van der Waals surface area contributed by atoms with E-state index >= 15 is 0 Å². The van der Waals surface area contributed by atoms with Crippen molar-refractivity contribution in [3.8, 4) is 17.2 Å². The Morgan fingerprint density at radius 3 is 2.61 bits per heavy atom. The van der Waals surface area contributed by atoms with Crippen LogP contribution in [0.4, 0.5) is 16.6 Å². The Labute approximate surface area is 332 Å². The molecule has 0 radical (unpaired) electrons. The second kappa shape index (κ2) is 16.3. The summed E-state index contributed by atoms with van der Waals surface area (Å²) < 4.78 is 27.9. The molecule has 4 atom stereocenters. The van der Waals surface area contributed by atoms with Crippen LogP contribution in [0.1, 0.15) is 102 Å². The molecule has 296 valence electrons. The first kappa shape index (κ1) is 38.0. The summed E-state index contributed by atoms with van der Waals surface area (Å²) in [5, 5.41) is 20.6. The fourth-order valence-electron chi connectivity index (χ4n) is 7.79. The van der Waals surface area contributed by atoms with Crippen LogP contribution in [0.3, 0.4) is 0 Å². The topological polar surface area (TPSA) is 129 Å². The number of anilines is 2. The number of pyridine rings is 1. The van der Waals surface area contributed by atoms with Gasteiger partial charge < -0.3 is 29.2 Å². The number of nitrogens with zero attached hydrogens (tertiary/aromatic N) is 6. The molecule has 2 amide bonds. The largest absolute Gasteiger partial charge is 0.490 e. The quantitative estimate of drug-likeness (QED) is 0.127. The molecule has 2 aliphatic heterocycles. The summed E-state index contributed by atoms with van der Waals surface area (Å²) in [6.07, 6.45) is 8.37. The second-order valence-corrected chi connectivity index (χ2v) is 16.4. The van der Waals surface area contributed by atoms with Gasteiger partial charge in [-0.15, -0.1) is 10.2 Å². The lowest BCUT2D eigenvalue weighted by Gasteiger charge is -2.32. The number of aromatic nitrogens is 5. The number of amides is 2. The van der Waals surface area contributed by atoms with E-state index in [0.29, 0.717) is 48.0 Å². The third-order valence-electron chi connectivity index (χ3n) is 10.8. The Morgan fingerprint density at radius 1 is 0.964 bits per heavy atom. The summed E-state index contributed by atoms with van der Waals surface area (Å²) in [5.74, 6) is 2.62. The lowest BCUT2D eigenvalue weighted by molar-refractivity contribution is -0.165. The number of hydrogen-bond donors (Lipinski definition) is 2. The van der Waals surface area contributed by atoms with Gasteiger partial charge in [0.1, 0.15) is 30.0 Å². The number of halogens is 1. The maximum Gasteiger partial charge on any atom is 0.320 e. The second-order valence-electron chi connectivity index (χ2n) is 15.9. The number of benzene rings is 2. The molecule has 13 nitrogen and oxygen atoms in total. The third kappa shape index (κ3) is 8.30. The Hall–Kier alpha value is -4.85. The highest BCUT2D eigenvalue weighted by Crippen LogP contribution is 2.39. The van der Waals surface area contributed by atoms with Gasteiger partial charge in [-0.05, 0) is 87.3 Å². The number of carbonyl (C=O) groups is 1. The molecule has 3 aromatic heterocycles. The van der Waals surface area contributed by atoms with Crippen LogP contribution in [0, 0.1) is 0 Å². The van der Waals surface area contributed by atoms with Crippen LogP contribution in [0.25, 0.3) is 11.3 Å². The van der Waals surface area contributed by atoms with Gasteiger partial charge in [0.2, 0.25) is 5.95 Å². The molecule has 1 aliphatic carbocycles. The third-order valence-corrected chi connectivity index (χ3v) is 11.2. The van der Waals surface area contributed by atoms with E-state index in [1.54, 1.807) is 10.7 Å². The maximum absolute atomic E-state index is 13.8. The van der Waals surface area contributed by atoms with Gasteiger partial charge >= 0.3 is 6.03 Å². The molecular weight excluding hydrogens is 732 g/mol. The van der Waals surface area contributed by atoms with E-state index in [4.69, 9.17) is 35.6 Å². The molecule has 2 fully saturated rings. The van der Waals surface area contributed by atoms with Crippen molar-refractivity contribution in [3.05, 3.63) is 88.7 Å². The molecule has 0 bridgehead atoms. The number of hydrogen-bond acceptors (Lipinski definition) is 9. The van der Waals surface area contributed by atoms with Gasteiger partial charge in [0.15, 0.2) is 11.9 Å². The van der Waals surface area contributed by atoms with Crippen LogP contribution < -0.4 is 25.0 Å². The molecule has 2 saturated heterocycles. The van der Waals surface area contributed by atoms with Crippen LogP contribution in [-0.2, 0) is 14.9 Å². The van der Waals surface area contributed by atoms with Gasteiger partial charge in [-0.1, -0.05) is 56.6 Å². The fraction of sp³-hybridized carbons (Fsp3) is 0.476. The minimum absolute atomic E-state index is 0.181. The molecule has 3 aliphatic rings. The molecule has 8 rings (SSSR count). The first-order valence-electron chi connectivity index (χ1n) is 19.8. The Kier molecular flexibility index (Phi) is 11.1. The Morgan fingerprint density at radius 2 is 1.82 bits per heavy atom. The van der Waals surface area contributed by atoms with Gasteiger partial charge in [-0.2, -0.15) is 5.10 Å². The zero-order valence-electron chi connectivity index (χ0n) is 32.5. The van der Waals surface area contributed by atoms with Crippen LogP contribution in [-0.4, -0.2) is 69.1 Å². The highest BCUT2D eigenvalue weighted by molar-refractivity contribution is 6.32. The van der Waals surface area contributed by atoms with Crippen molar-refractivity contribution in [2.75, 3.05) is 36.6 Å². The maximum atomic E-state index is 13.8. The van der Waals surface area contributed by atoms with Gasteiger partial charge in [0, 0.05) is 36.7 Å². The van der Waals surface area contributed by atoms with Gasteiger partial charge in [0.25, 0.3) is 0 Å². The van der Waals surface area contributed by atoms with E-state index in [0.717, 1.165) is 85.8 Å². The zero-order valence-corrected chi connectivity index (χ0v) is 33.3. The molecule has 14 heteroatoms. The van der Waals surface area contributed by atoms with E-state index in [9.17, 15) is 4.79 Å². The smallest absolute Gasteiger partial charge is 0.320 e. The molecule has 5 aromatic rings. The highest BCUT2D eigenvalue weighted by Gasteiger charge is 2.31. The van der Waals surface area contributed by atoms with Crippen molar-refractivity contribution in [2.24, 2.45) is 0 Å². The minimum atomic E-state index is -0.333. The van der Waals surface area contributed by atoms with Crippen molar-refractivity contribution < 1.29 is 23.7 Å². The van der Waals surface area contributed by atoms with Gasteiger partial charge in [-0.3, -0.25) is 9.72 Å². The molecule has 2 N–H and O–H groups in total. The SMILES string of the molecule is C[C@H]1CCCN1c1nnc2ccc(O[C@@H]3CC[C@H](NC(=O)Nc4cc(C(C)(C)C)nn4-c4ccc(Cl)c(OCCOC5CCCCO5)c4)c4ccccc43)cn12. The van der Waals surface area contributed by atoms with Crippen molar-refractivity contribution in [1.29, 1.82) is 0 Å². The molecule has 0 saturated carbocycles. The number of rotatable bonds is 11. The van der Waals surface area contributed by atoms with Crippen LogP contribution in [0.2, 0.25) is 5.02 Å². The first-order chi connectivity index (χ1) is 27.1. The predicted octanol–water partition coefficient (Wildman–Crippen LogP) is 8.55. The molecule has 56 heavy (non-hydrogen) atoms. The van der Waals surface area contributed by atoms with Crippen molar-refractivity contribution in [2.45, 2.75) is 103 Å². The summed E-state index contributed by atoms with van der Waals surface area (Å²) >= 11 is 6.56. The number of fused-ring (bicyclic) bond motifs is 2. The van der Waals surface area contributed by atoms with Crippen molar-refractivity contribution in [1.82, 2.24) is 29.7 Å². The Balaban J connectivity index is 0.959. The van der Waals surface area contributed by atoms with Crippen molar-refractivity contribution in [3.63, 3.8) is 0 Å². The number of ether oxygens (including phenoxy) is 4. The van der Waals surface area contributed by atoms with E-state index in [-0.39, 0.29) is 29.9 Å². The van der Waals surface area contributed by atoms with Crippen LogP contribution >= 0.6 is 11.6 Å². The summed E-state index contributed by atoms with van der Waals surface area (Å²) in [6, 6.07) is 19.3. The minimum Gasteiger partial charge on any atom is -0.490 e. The van der Waals surface area contributed by atoms with Gasteiger partial charge in [0.05, 0.1) is 35.2 Å². The van der Waals surface area contributed by atoms with E-state index in [2.05, 4.69) is 65.6 Å². The zero-order chi connectivity index (χ0) is 38.8. The van der Waals surface area contributed by atoms with E-state index < -0.39 is 0 Å². The average molecular weight is 783 g/mol. The predicted molar refractivity (Wildman–Crippen MR) is 215 cm³/mol. The highest BCUT2D eigenvalue weighted by atomic mass is 35.5. The fourth-order valence-corrected chi connectivity index (χ4v) is 7.97. The molecule has 0 spiro atoms. The Bertz CT molecular complexity index is 2160. The average Bonchev–Trinajstić information content (AvgIpc) is 3.93. The molecule has 2 aromatic carbocycles. The molecular formula is C42H51ClN8O5. The normalized spacial score (nSPS) is 21.2. The van der Waals surface area contributed by atoms with Crippen LogP contribution in [0.5, 0.6) is 11.5 Å². The van der Waals surface area contributed by atoms with E-state index in [1.165, 1.54) is 0 Å². The van der Waals surface area contributed by atoms with Crippen LogP contribution in [0.15, 0.2) is 66.9 Å². The summed E-state index contributed by atoms with van der Waals surface area (Å²) in [5.41, 5.74) is 4.11. The molecule has 5 heterocycles. The van der Waals surface area contributed by atoms with Gasteiger partial charge in [-0.25, -0.2) is 9.48 Å². The monoisotopic (exact) mass is 782 g/mol.